The fourth-order valence-electron chi connectivity index (χ4n) is 2.74. The summed E-state index contributed by atoms with van der Waals surface area (Å²) in [5.74, 6) is 1.41. The maximum Gasteiger partial charge on any atom is 0.0945 e. The second kappa shape index (κ2) is 8.79. The fourth-order valence-corrected chi connectivity index (χ4v) is 4.20. The number of rotatable bonds is 7. The highest BCUT2D eigenvalue weighted by molar-refractivity contribution is 7.98. The van der Waals surface area contributed by atoms with Crippen molar-refractivity contribution < 1.29 is 0 Å². The van der Waals surface area contributed by atoms with Gasteiger partial charge in [-0.3, -0.25) is 0 Å². The number of thioether (sulfide) groups is 1. The number of hydrogen-bond donors (Lipinski definition) is 0. The summed E-state index contributed by atoms with van der Waals surface area (Å²) in [6.07, 6.45) is 6.77. The van der Waals surface area contributed by atoms with Crippen LogP contribution in [0.5, 0.6) is 0 Å². The van der Waals surface area contributed by atoms with Gasteiger partial charge >= 0.3 is 0 Å². The van der Waals surface area contributed by atoms with E-state index in [1.54, 1.807) is 17.8 Å². The molecule has 2 aromatic carbocycles. The molecule has 2 nitrogen and oxygen atoms in total. The number of hydrogen-bond acceptors (Lipinski definition) is 2. The molecule has 25 heavy (non-hydrogen) atoms. The smallest absolute Gasteiger partial charge is 0.0945 e. The normalized spacial score (nSPS) is 12.3. The van der Waals surface area contributed by atoms with E-state index < -0.39 is 0 Å². The maximum absolute atomic E-state index is 6.23. The molecule has 0 fully saturated rings. The Kier molecular flexibility index (Phi) is 6.46. The molecular formula is C20H20Cl2N2S. The lowest BCUT2D eigenvalue weighted by molar-refractivity contribution is 0.479. The van der Waals surface area contributed by atoms with Gasteiger partial charge in [0.05, 0.1) is 6.33 Å². The molecule has 3 rings (SSSR count). The van der Waals surface area contributed by atoms with Gasteiger partial charge in [0.2, 0.25) is 0 Å². The first kappa shape index (κ1) is 18.4. The summed E-state index contributed by atoms with van der Waals surface area (Å²) < 4.78 is 2.13. The van der Waals surface area contributed by atoms with Crippen molar-refractivity contribution in [2.75, 3.05) is 0 Å². The molecule has 0 saturated heterocycles. The quantitative estimate of drug-likeness (QED) is 0.436. The summed E-state index contributed by atoms with van der Waals surface area (Å²) in [7, 11) is 0. The molecule has 0 amide bonds. The Hall–Kier alpha value is -1.42. The molecule has 0 aliphatic carbocycles. The van der Waals surface area contributed by atoms with E-state index in [1.165, 1.54) is 10.5 Å². The lowest BCUT2D eigenvalue weighted by Crippen LogP contribution is -2.08. The third-order valence-electron chi connectivity index (χ3n) is 4.00. The van der Waals surface area contributed by atoms with Crippen LogP contribution in [-0.4, -0.2) is 9.55 Å². The first-order valence-electron chi connectivity index (χ1n) is 8.21. The van der Waals surface area contributed by atoms with Crippen LogP contribution in [0.1, 0.15) is 18.1 Å². The summed E-state index contributed by atoms with van der Waals surface area (Å²) in [6, 6.07) is 14.5. The average molecular weight is 391 g/mol. The standard InChI is InChI=1S/C20H20Cl2N2S/c1-15(12-24-9-8-23-14-24)10-16-2-6-19(7-3-16)25-13-17-4-5-18(21)11-20(17)22/h2-9,11,14-15H,10,12-13H2,1H3. The third-order valence-corrected chi connectivity index (χ3v) is 5.65. The fraction of sp³-hybridized carbons (Fsp3) is 0.250. The van der Waals surface area contributed by atoms with Gasteiger partial charge < -0.3 is 4.57 Å². The van der Waals surface area contributed by atoms with E-state index in [2.05, 4.69) is 40.7 Å². The van der Waals surface area contributed by atoms with Crippen LogP contribution in [0.2, 0.25) is 10.0 Å². The molecule has 3 aromatic rings. The van der Waals surface area contributed by atoms with Crippen LogP contribution in [0.3, 0.4) is 0 Å². The molecule has 0 bridgehead atoms. The van der Waals surface area contributed by atoms with Crippen molar-refractivity contribution in [3.05, 3.63) is 82.4 Å². The van der Waals surface area contributed by atoms with Crippen molar-refractivity contribution in [2.24, 2.45) is 5.92 Å². The van der Waals surface area contributed by atoms with E-state index in [1.807, 2.05) is 30.9 Å². The first-order valence-corrected chi connectivity index (χ1v) is 9.96. The second-order valence-corrected chi connectivity index (χ2v) is 8.13. The highest BCUT2D eigenvalue weighted by Crippen LogP contribution is 2.29. The van der Waals surface area contributed by atoms with Crippen LogP contribution in [0, 0.1) is 5.92 Å². The highest BCUT2D eigenvalue weighted by atomic mass is 35.5. The maximum atomic E-state index is 6.23. The van der Waals surface area contributed by atoms with Crippen molar-refractivity contribution in [3.8, 4) is 0 Å². The summed E-state index contributed by atoms with van der Waals surface area (Å²) >= 11 is 14.0. The van der Waals surface area contributed by atoms with Gasteiger partial charge in [-0.05, 0) is 47.7 Å². The van der Waals surface area contributed by atoms with Gasteiger partial charge in [-0.1, -0.05) is 48.3 Å². The summed E-state index contributed by atoms with van der Waals surface area (Å²) in [6.45, 7) is 3.26. The van der Waals surface area contributed by atoms with Crippen LogP contribution < -0.4 is 0 Å². The zero-order chi connectivity index (χ0) is 17.6. The molecule has 0 saturated carbocycles. The average Bonchev–Trinajstić information content (AvgIpc) is 3.08. The third kappa shape index (κ3) is 5.53. The van der Waals surface area contributed by atoms with E-state index >= 15 is 0 Å². The molecule has 0 spiro atoms. The molecule has 0 aliphatic heterocycles. The number of halogens is 2. The predicted molar refractivity (Wildman–Crippen MR) is 108 cm³/mol. The molecule has 5 heteroatoms. The Labute approximate surface area is 163 Å². The number of aromatic nitrogens is 2. The monoisotopic (exact) mass is 390 g/mol. The van der Waals surface area contributed by atoms with Gasteiger partial charge in [0.15, 0.2) is 0 Å². The number of benzene rings is 2. The lowest BCUT2D eigenvalue weighted by atomic mass is 10.0. The molecule has 130 valence electrons. The molecule has 0 aliphatic rings. The first-order chi connectivity index (χ1) is 12.1. The molecule has 1 heterocycles. The van der Waals surface area contributed by atoms with Crippen LogP contribution in [-0.2, 0) is 18.7 Å². The number of imidazole rings is 1. The topological polar surface area (TPSA) is 17.8 Å². The van der Waals surface area contributed by atoms with Crippen molar-refractivity contribution in [1.82, 2.24) is 9.55 Å². The van der Waals surface area contributed by atoms with Crippen molar-refractivity contribution >= 4 is 35.0 Å². The van der Waals surface area contributed by atoms with Crippen molar-refractivity contribution in [3.63, 3.8) is 0 Å². The predicted octanol–water partition coefficient (Wildman–Crippen LogP) is 6.36. The Morgan fingerprint density at radius 2 is 1.92 bits per heavy atom. The largest absolute Gasteiger partial charge is 0.337 e. The minimum Gasteiger partial charge on any atom is -0.337 e. The van der Waals surface area contributed by atoms with Gasteiger partial charge in [-0.2, -0.15) is 0 Å². The zero-order valence-electron chi connectivity index (χ0n) is 14.0. The van der Waals surface area contributed by atoms with Gasteiger partial charge in [0, 0.05) is 39.6 Å². The van der Waals surface area contributed by atoms with Crippen LogP contribution in [0.15, 0.2) is 66.1 Å². The molecule has 1 unspecified atom stereocenters. The molecule has 1 aromatic heterocycles. The summed E-state index contributed by atoms with van der Waals surface area (Å²) in [5, 5.41) is 1.40. The molecule has 0 radical (unpaired) electrons. The molecular weight excluding hydrogens is 371 g/mol. The Morgan fingerprint density at radius 3 is 2.60 bits per heavy atom. The molecule has 0 N–H and O–H groups in total. The van der Waals surface area contributed by atoms with E-state index in [9.17, 15) is 0 Å². The second-order valence-electron chi connectivity index (χ2n) is 6.24. The molecule has 1 atom stereocenters. The highest BCUT2D eigenvalue weighted by Gasteiger charge is 2.06. The van der Waals surface area contributed by atoms with E-state index in [-0.39, 0.29) is 0 Å². The summed E-state index contributed by atoms with van der Waals surface area (Å²) in [5.41, 5.74) is 2.47. The van der Waals surface area contributed by atoms with Crippen LogP contribution in [0.4, 0.5) is 0 Å². The van der Waals surface area contributed by atoms with Gasteiger partial charge in [0.1, 0.15) is 0 Å². The van der Waals surface area contributed by atoms with E-state index in [0.717, 1.165) is 29.3 Å². The Balaban J connectivity index is 1.53. The van der Waals surface area contributed by atoms with Crippen LogP contribution >= 0.6 is 35.0 Å². The minimum atomic E-state index is 0.570. The number of nitrogens with zero attached hydrogens (tertiary/aromatic N) is 2. The minimum absolute atomic E-state index is 0.570. The van der Waals surface area contributed by atoms with Crippen LogP contribution in [0.25, 0.3) is 0 Å². The lowest BCUT2D eigenvalue weighted by Gasteiger charge is -2.12. The van der Waals surface area contributed by atoms with Gasteiger partial charge in [-0.15, -0.1) is 11.8 Å². The van der Waals surface area contributed by atoms with Crippen molar-refractivity contribution in [1.29, 1.82) is 0 Å². The summed E-state index contributed by atoms with van der Waals surface area (Å²) in [4.78, 5) is 5.34. The van der Waals surface area contributed by atoms with E-state index in [0.29, 0.717) is 10.9 Å². The Bertz CT molecular complexity index is 801. The van der Waals surface area contributed by atoms with Crippen molar-refractivity contribution in [2.45, 2.75) is 30.5 Å². The zero-order valence-corrected chi connectivity index (χ0v) is 16.4. The van der Waals surface area contributed by atoms with Gasteiger partial charge in [-0.25, -0.2) is 4.98 Å². The van der Waals surface area contributed by atoms with Gasteiger partial charge in [0.25, 0.3) is 0 Å². The SMILES string of the molecule is CC(Cc1ccc(SCc2ccc(Cl)cc2Cl)cc1)Cn1ccnc1. The van der Waals surface area contributed by atoms with E-state index in [4.69, 9.17) is 23.2 Å². The Morgan fingerprint density at radius 1 is 1.12 bits per heavy atom.